The van der Waals surface area contributed by atoms with Gasteiger partial charge in [-0.05, 0) is 37.3 Å². The number of nitrogens with zero attached hydrogens (tertiary/aromatic N) is 1. The van der Waals surface area contributed by atoms with Crippen molar-refractivity contribution in [2.24, 2.45) is 4.99 Å². The monoisotopic (exact) mass is 445 g/mol. The molecule has 0 aromatic heterocycles. The molecule has 1 aromatic rings. The molecule has 0 amide bonds. The van der Waals surface area contributed by atoms with Crippen LogP contribution >= 0.6 is 24.0 Å². The molecule has 2 bridgehead atoms. The zero-order chi connectivity index (χ0) is 16.1. The molecule has 0 saturated carbocycles. The minimum atomic E-state index is 0. The number of nitrogens with one attached hydrogen (secondary N) is 2. The summed E-state index contributed by atoms with van der Waals surface area (Å²) >= 11 is 0. The summed E-state index contributed by atoms with van der Waals surface area (Å²) < 4.78 is 11.2. The average Bonchev–Trinajstić information content (AvgIpc) is 3.17. The van der Waals surface area contributed by atoms with Crippen molar-refractivity contribution in [3.8, 4) is 0 Å². The van der Waals surface area contributed by atoms with E-state index in [4.69, 9.17) is 14.5 Å². The maximum absolute atomic E-state index is 5.92. The van der Waals surface area contributed by atoms with Gasteiger partial charge in [-0.2, -0.15) is 0 Å². The highest BCUT2D eigenvalue weighted by molar-refractivity contribution is 14.0. The molecule has 3 rings (SSSR count). The third kappa shape index (κ3) is 4.83. The van der Waals surface area contributed by atoms with Crippen LogP contribution in [0, 0.1) is 0 Å². The van der Waals surface area contributed by atoms with E-state index < -0.39 is 0 Å². The van der Waals surface area contributed by atoms with E-state index in [1.54, 1.807) is 7.11 Å². The Labute approximate surface area is 161 Å². The van der Waals surface area contributed by atoms with E-state index in [0.29, 0.717) is 31.4 Å². The Morgan fingerprint density at radius 1 is 1.29 bits per heavy atom. The molecule has 2 N–H and O–H groups in total. The quantitative estimate of drug-likeness (QED) is 0.402. The molecule has 24 heavy (non-hydrogen) atoms. The van der Waals surface area contributed by atoms with E-state index in [-0.39, 0.29) is 24.0 Å². The van der Waals surface area contributed by atoms with Crippen LogP contribution < -0.4 is 10.6 Å². The molecule has 3 atom stereocenters. The number of benzene rings is 1. The number of hydrogen-bond acceptors (Lipinski definition) is 3. The minimum Gasteiger partial charge on any atom is -0.380 e. The first-order valence-electron chi connectivity index (χ1n) is 8.56. The van der Waals surface area contributed by atoms with Crippen molar-refractivity contribution < 1.29 is 9.47 Å². The van der Waals surface area contributed by atoms with E-state index in [1.165, 1.54) is 24.0 Å². The second kappa shape index (κ2) is 9.58. The summed E-state index contributed by atoms with van der Waals surface area (Å²) in [5, 5.41) is 6.90. The highest BCUT2D eigenvalue weighted by atomic mass is 127. The molecule has 6 heteroatoms. The zero-order valence-corrected chi connectivity index (χ0v) is 16.8. The third-order valence-electron chi connectivity index (χ3n) is 4.60. The maximum atomic E-state index is 5.92. The summed E-state index contributed by atoms with van der Waals surface area (Å²) in [5.74, 6) is 0.876. The summed E-state index contributed by atoms with van der Waals surface area (Å²) in [6, 6.07) is 8.69. The van der Waals surface area contributed by atoms with Gasteiger partial charge in [-0.15, -0.1) is 24.0 Å². The van der Waals surface area contributed by atoms with Crippen LogP contribution in [0.2, 0.25) is 0 Å². The molecule has 134 valence electrons. The fraction of sp³-hybridized carbons (Fsp3) is 0.611. The van der Waals surface area contributed by atoms with Crippen LogP contribution in [0.25, 0.3) is 0 Å². The SMILES string of the molecule is CCNC(=NCc1ccccc1COC)NC1CC2CCC1O2.I. The number of methoxy groups -OCH3 is 1. The lowest BCUT2D eigenvalue weighted by Gasteiger charge is -2.22. The second-order valence-corrected chi connectivity index (χ2v) is 6.26. The largest absolute Gasteiger partial charge is 0.380 e. The van der Waals surface area contributed by atoms with Gasteiger partial charge < -0.3 is 20.1 Å². The van der Waals surface area contributed by atoms with Gasteiger partial charge in [0.25, 0.3) is 0 Å². The average molecular weight is 445 g/mol. The first-order valence-corrected chi connectivity index (χ1v) is 8.56. The summed E-state index contributed by atoms with van der Waals surface area (Å²) in [7, 11) is 1.72. The second-order valence-electron chi connectivity index (χ2n) is 6.26. The molecule has 3 unspecified atom stereocenters. The third-order valence-corrected chi connectivity index (χ3v) is 4.60. The lowest BCUT2D eigenvalue weighted by atomic mass is 9.96. The van der Waals surface area contributed by atoms with Crippen LogP contribution in [0.1, 0.15) is 37.3 Å². The molecular weight excluding hydrogens is 417 g/mol. The van der Waals surface area contributed by atoms with Crippen molar-refractivity contribution >= 4 is 29.9 Å². The van der Waals surface area contributed by atoms with Crippen LogP contribution in [-0.4, -0.2) is 37.9 Å². The van der Waals surface area contributed by atoms with Crippen LogP contribution in [0.15, 0.2) is 29.3 Å². The van der Waals surface area contributed by atoms with Crippen molar-refractivity contribution in [3.63, 3.8) is 0 Å². The van der Waals surface area contributed by atoms with Gasteiger partial charge in [0.15, 0.2) is 5.96 Å². The number of hydrogen-bond donors (Lipinski definition) is 2. The van der Waals surface area contributed by atoms with Crippen LogP contribution in [-0.2, 0) is 22.6 Å². The van der Waals surface area contributed by atoms with E-state index in [9.17, 15) is 0 Å². The molecule has 2 aliphatic heterocycles. The number of rotatable bonds is 6. The summed E-state index contributed by atoms with van der Waals surface area (Å²) in [6.07, 6.45) is 4.27. The van der Waals surface area contributed by atoms with Crippen LogP contribution in [0.4, 0.5) is 0 Å². The number of fused-ring (bicyclic) bond motifs is 2. The Bertz CT molecular complexity index is 553. The van der Waals surface area contributed by atoms with Crippen LogP contribution in [0.3, 0.4) is 0 Å². The molecule has 2 fully saturated rings. The number of guanidine groups is 1. The van der Waals surface area contributed by atoms with E-state index >= 15 is 0 Å². The molecule has 2 saturated heterocycles. The molecular formula is C18H28IN3O2. The van der Waals surface area contributed by atoms with Gasteiger partial charge in [0.2, 0.25) is 0 Å². The van der Waals surface area contributed by atoms with E-state index in [0.717, 1.165) is 18.9 Å². The zero-order valence-electron chi connectivity index (χ0n) is 14.5. The van der Waals surface area contributed by atoms with Gasteiger partial charge in [-0.3, -0.25) is 0 Å². The minimum absolute atomic E-state index is 0. The van der Waals surface area contributed by atoms with E-state index in [2.05, 4.69) is 29.7 Å². The fourth-order valence-corrected chi connectivity index (χ4v) is 3.46. The van der Waals surface area contributed by atoms with Crippen molar-refractivity contribution in [1.82, 2.24) is 10.6 Å². The van der Waals surface area contributed by atoms with Crippen molar-refractivity contribution in [3.05, 3.63) is 35.4 Å². The smallest absolute Gasteiger partial charge is 0.191 e. The first-order chi connectivity index (χ1) is 11.3. The van der Waals surface area contributed by atoms with Gasteiger partial charge in [-0.25, -0.2) is 4.99 Å². The van der Waals surface area contributed by atoms with Gasteiger partial charge in [0.1, 0.15) is 0 Å². The molecule has 5 nitrogen and oxygen atoms in total. The molecule has 0 radical (unpaired) electrons. The summed E-state index contributed by atoms with van der Waals surface area (Å²) in [6.45, 7) is 4.22. The first kappa shape index (κ1) is 19.5. The lowest BCUT2D eigenvalue weighted by Crippen LogP contribution is -2.47. The van der Waals surface area contributed by atoms with Crippen LogP contribution in [0.5, 0.6) is 0 Å². The van der Waals surface area contributed by atoms with Gasteiger partial charge in [0.05, 0.1) is 31.4 Å². The number of ether oxygens (including phenoxy) is 2. The maximum Gasteiger partial charge on any atom is 0.191 e. The standard InChI is InChI=1S/C18H27N3O2.HI/c1-3-19-18(21-16-10-15-8-9-17(16)23-15)20-11-13-6-4-5-7-14(13)12-22-2;/h4-7,15-17H,3,8-12H2,1-2H3,(H2,19,20,21);1H. The topological polar surface area (TPSA) is 54.9 Å². The molecule has 0 spiro atoms. The molecule has 2 heterocycles. The van der Waals surface area contributed by atoms with Crippen molar-refractivity contribution in [2.45, 2.75) is 57.6 Å². The van der Waals surface area contributed by atoms with Gasteiger partial charge in [-0.1, -0.05) is 24.3 Å². The Morgan fingerprint density at radius 2 is 2.08 bits per heavy atom. The van der Waals surface area contributed by atoms with Gasteiger partial charge >= 0.3 is 0 Å². The number of aliphatic imine (C=N–C) groups is 1. The fourth-order valence-electron chi connectivity index (χ4n) is 3.46. The normalized spacial score (nSPS) is 25.4. The van der Waals surface area contributed by atoms with Gasteiger partial charge in [0, 0.05) is 13.7 Å². The Kier molecular flexibility index (Phi) is 7.77. The highest BCUT2D eigenvalue weighted by Gasteiger charge is 2.41. The Morgan fingerprint density at radius 3 is 2.71 bits per heavy atom. The van der Waals surface area contributed by atoms with E-state index in [1.807, 2.05) is 12.1 Å². The molecule has 1 aromatic carbocycles. The molecule has 0 aliphatic carbocycles. The van der Waals surface area contributed by atoms with Crippen molar-refractivity contribution in [2.75, 3.05) is 13.7 Å². The Balaban J connectivity index is 0.00000208. The Hall–Kier alpha value is -0.860. The summed E-state index contributed by atoms with van der Waals surface area (Å²) in [4.78, 5) is 4.76. The molecule has 2 aliphatic rings. The number of halogens is 1. The summed E-state index contributed by atoms with van der Waals surface area (Å²) in [5.41, 5.74) is 2.40. The lowest BCUT2D eigenvalue weighted by molar-refractivity contribution is 0.0992. The van der Waals surface area contributed by atoms with Crippen molar-refractivity contribution in [1.29, 1.82) is 0 Å². The highest BCUT2D eigenvalue weighted by Crippen LogP contribution is 2.34. The predicted molar refractivity (Wildman–Crippen MR) is 107 cm³/mol. The predicted octanol–water partition coefficient (Wildman–Crippen LogP) is 2.83.